The largest absolute Gasteiger partial charge is 0.294 e. The first-order valence-corrected chi connectivity index (χ1v) is 10.3. The summed E-state index contributed by atoms with van der Waals surface area (Å²) in [7, 11) is -1.48. The molecule has 2 aromatic rings. The number of hydrogen-bond donors (Lipinski definition) is 0. The van der Waals surface area contributed by atoms with Gasteiger partial charge in [-0.15, -0.1) is 0 Å². The Balaban J connectivity index is 1.86. The first kappa shape index (κ1) is 19.4. The van der Waals surface area contributed by atoms with E-state index in [0.29, 0.717) is 10.5 Å². The van der Waals surface area contributed by atoms with Crippen LogP contribution >= 0.6 is 0 Å². The highest BCUT2D eigenvalue weighted by molar-refractivity contribution is 7.86. The minimum atomic E-state index is -1.48. The lowest BCUT2D eigenvalue weighted by atomic mass is 9.91. The van der Waals surface area contributed by atoms with Crippen molar-refractivity contribution in [2.45, 2.75) is 44.3 Å². The van der Waals surface area contributed by atoms with Crippen LogP contribution in [-0.2, 0) is 15.6 Å². The lowest BCUT2D eigenvalue weighted by Crippen LogP contribution is -2.30. The number of carbonyl (C=O) groups excluding carboxylic acids is 2. The van der Waals surface area contributed by atoms with Gasteiger partial charge < -0.3 is 0 Å². The molecule has 27 heavy (non-hydrogen) atoms. The Hall–Kier alpha value is -2.33. The summed E-state index contributed by atoms with van der Waals surface area (Å²) in [5.74, 6) is -0.483. The maximum atomic E-state index is 13.1. The zero-order valence-corrected chi connectivity index (χ0v) is 16.9. The summed E-state index contributed by atoms with van der Waals surface area (Å²) in [6, 6.07) is 13.1. The van der Waals surface area contributed by atoms with Crippen molar-refractivity contribution in [1.82, 2.24) is 0 Å². The van der Waals surface area contributed by atoms with E-state index in [2.05, 4.69) is 0 Å². The van der Waals surface area contributed by atoms with E-state index in [4.69, 9.17) is 0 Å². The van der Waals surface area contributed by atoms with Gasteiger partial charge in [0.1, 0.15) is 5.25 Å². The molecule has 3 atom stereocenters. The molecule has 4 heteroatoms. The van der Waals surface area contributed by atoms with E-state index in [0.717, 1.165) is 22.3 Å². The van der Waals surface area contributed by atoms with Gasteiger partial charge in [-0.2, -0.15) is 0 Å². The molecule has 3 nitrogen and oxygen atoms in total. The van der Waals surface area contributed by atoms with Gasteiger partial charge in [0.15, 0.2) is 11.6 Å². The Morgan fingerprint density at radius 3 is 2.22 bits per heavy atom. The van der Waals surface area contributed by atoms with Crippen LogP contribution in [0.25, 0.3) is 0 Å². The summed E-state index contributed by atoms with van der Waals surface area (Å²) in [5, 5.41) is -0.692. The van der Waals surface area contributed by atoms with E-state index in [1.165, 1.54) is 0 Å². The molecule has 0 unspecified atom stereocenters. The summed E-state index contributed by atoms with van der Waals surface area (Å²) in [4.78, 5) is 26.1. The summed E-state index contributed by atoms with van der Waals surface area (Å²) in [5.41, 5.74) is 4.62. The Bertz CT molecular complexity index is 954. The van der Waals surface area contributed by atoms with Gasteiger partial charge >= 0.3 is 0 Å². The van der Waals surface area contributed by atoms with E-state index in [1.54, 1.807) is 18.2 Å². The molecule has 140 valence electrons. The first-order chi connectivity index (χ1) is 12.8. The predicted molar refractivity (Wildman–Crippen MR) is 108 cm³/mol. The molecule has 0 fully saturated rings. The molecule has 0 aliphatic heterocycles. The highest BCUT2D eigenvalue weighted by Gasteiger charge is 2.40. The predicted octanol–water partition coefficient (Wildman–Crippen LogP) is 4.51. The standard InChI is InChI=1S/C23H24O3S/c1-14-5-8-18(9-6-14)27(26)23-20(17(4)12-22(23)25)13-21(24)19-10-7-15(2)11-16(19)3/h5-12,20,23H,13H2,1-4H3/t20-,23+,27-/m0/s1. The second kappa shape index (κ2) is 7.73. The van der Waals surface area contributed by atoms with Gasteiger partial charge in [0.25, 0.3) is 0 Å². The highest BCUT2D eigenvalue weighted by atomic mass is 32.2. The number of hydrogen-bond acceptors (Lipinski definition) is 3. The van der Waals surface area contributed by atoms with Crippen molar-refractivity contribution in [1.29, 1.82) is 0 Å². The molecule has 0 spiro atoms. The maximum absolute atomic E-state index is 13.1. The molecule has 0 N–H and O–H groups in total. The van der Waals surface area contributed by atoms with E-state index in [9.17, 15) is 13.8 Å². The zero-order chi connectivity index (χ0) is 19.7. The molecule has 0 amide bonds. The van der Waals surface area contributed by atoms with Gasteiger partial charge in [-0.25, -0.2) is 0 Å². The Labute approximate surface area is 163 Å². The first-order valence-electron chi connectivity index (χ1n) is 9.07. The third kappa shape index (κ3) is 4.01. The maximum Gasteiger partial charge on any atom is 0.172 e. The lowest BCUT2D eigenvalue weighted by molar-refractivity contribution is -0.114. The highest BCUT2D eigenvalue weighted by Crippen LogP contribution is 2.34. The van der Waals surface area contributed by atoms with Crippen LogP contribution in [0.15, 0.2) is 59.0 Å². The van der Waals surface area contributed by atoms with Crippen LogP contribution in [0.3, 0.4) is 0 Å². The fourth-order valence-corrected chi connectivity index (χ4v) is 5.21. The Morgan fingerprint density at radius 2 is 1.59 bits per heavy atom. The lowest BCUT2D eigenvalue weighted by Gasteiger charge is -2.20. The fourth-order valence-electron chi connectivity index (χ4n) is 3.63. The van der Waals surface area contributed by atoms with Gasteiger partial charge in [-0.1, -0.05) is 47.0 Å². The molecule has 0 saturated carbocycles. The van der Waals surface area contributed by atoms with Gasteiger partial charge in [0, 0.05) is 22.8 Å². The summed E-state index contributed by atoms with van der Waals surface area (Å²) in [6.07, 6.45) is 1.75. The van der Waals surface area contributed by atoms with Crippen LogP contribution in [0.2, 0.25) is 0 Å². The molecule has 0 radical (unpaired) electrons. The molecular weight excluding hydrogens is 356 g/mol. The number of aryl methyl sites for hydroxylation is 3. The number of ketones is 2. The van der Waals surface area contributed by atoms with Gasteiger partial charge in [-0.3, -0.25) is 13.8 Å². The van der Waals surface area contributed by atoms with Crippen molar-refractivity contribution in [3.8, 4) is 0 Å². The minimum Gasteiger partial charge on any atom is -0.294 e. The number of benzene rings is 2. The van der Waals surface area contributed by atoms with Crippen molar-refractivity contribution in [2.75, 3.05) is 0 Å². The van der Waals surface area contributed by atoms with Crippen LogP contribution in [0.5, 0.6) is 0 Å². The normalized spacial score (nSPS) is 20.4. The van der Waals surface area contributed by atoms with Crippen LogP contribution < -0.4 is 0 Å². The van der Waals surface area contributed by atoms with Gasteiger partial charge in [0.05, 0.1) is 10.8 Å². The quantitative estimate of drug-likeness (QED) is 0.717. The zero-order valence-electron chi connectivity index (χ0n) is 16.1. The third-order valence-electron chi connectivity index (χ3n) is 5.17. The molecule has 3 rings (SSSR count). The summed E-state index contributed by atoms with van der Waals surface area (Å²) >= 11 is 0. The SMILES string of the molecule is CC1=CC(=O)[C@H]([S@@](=O)c2ccc(C)cc2)[C@H]1CC(=O)c1ccc(C)cc1C. The average Bonchev–Trinajstić information content (AvgIpc) is 2.88. The third-order valence-corrected chi connectivity index (χ3v) is 6.93. The van der Waals surface area contributed by atoms with Crippen LogP contribution in [0, 0.1) is 26.7 Å². The molecule has 0 aromatic heterocycles. The van der Waals surface area contributed by atoms with E-state index in [-0.39, 0.29) is 23.9 Å². The van der Waals surface area contributed by atoms with Crippen molar-refractivity contribution in [3.05, 3.63) is 76.4 Å². The average molecular weight is 381 g/mol. The molecule has 1 aliphatic carbocycles. The molecule has 2 aromatic carbocycles. The van der Waals surface area contributed by atoms with Crippen molar-refractivity contribution < 1.29 is 13.8 Å². The van der Waals surface area contributed by atoms with E-state index < -0.39 is 16.0 Å². The smallest absolute Gasteiger partial charge is 0.172 e. The molecule has 0 heterocycles. The topological polar surface area (TPSA) is 51.2 Å². The fraction of sp³-hybridized carbons (Fsp3) is 0.304. The van der Waals surface area contributed by atoms with Crippen molar-refractivity contribution in [2.24, 2.45) is 5.92 Å². The molecule has 0 bridgehead atoms. The number of allylic oxidation sites excluding steroid dienone is 2. The monoisotopic (exact) mass is 380 g/mol. The molecule has 0 saturated heterocycles. The second-order valence-corrected chi connectivity index (χ2v) is 8.95. The van der Waals surface area contributed by atoms with E-state index in [1.807, 2.05) is 58.0 Å². The van der Waals surface area contributed by atoms with Crippen LogP contribution in [0.4, 0.5) is 0 Å². The van der Waals surface area contributed by atoms with Crippen molar-refractivity contribution >= 4 is 22.4 Å². The minimum absolute atomic E-state index is 0.00847. The van der Waals surface area contributed by atoms with Crippen LogP contribution in [0.1, 0.15) is 40.4 Å². The number of carbonyl (C=O) groups is 2. The summed E-state index contributed by atoms with van der Waals surface area (Å²) in [6.45, 7) is 7.73. The van der Waals surface area contributed by atoms with Gasteiger partial charge in [0.2, 0.25) is 0 Å². The molecule has 1 aliphatic rings. The number of rotatable bonds is 5. The second-order valence-electron chi connectivity index (χ2n) is 7.37. The number of Topliss-reactive ketones (excluding diaryl/α,β-unsaturated/α-hetero) is 1. The molecular formula is C23H24O3S. The van der Waals surface area contributed by atoms with Crippen molar-refractivity contribution in [3.63, 3.8) is 0 Å². The van der Waals surface area contributed by atoms with Crippen LogP contribution in [-0.4, -0.2) is 21.0 Å². The summed E-state index contributed by atoms with van der Waals surface area (Å²) < 4.78 is 13.1. The Kier molecular flexibility index (Phi) is 5.56. The Morgan fingerprint density at radius 1 is 0.963 bits per heavy atom. The van der Waals surface area contributed by atoms with Gasteiger partial charge in [-0.05, 0) is 51.5 Å². The van der Waals surface area contributed by atoms with E-state index >= 15 is 0 Å².